The number of phosphoric ester groups is 1. The Morgan fingerprint density at radius 3 is 1.42 bits per heavy atom. The highest BCUT2D eigenvalue weighted by Gasteiger charge is 2.51. The molecule has 364 valence electrons. The zero-order valence-corrected chi connectivity index (χ0v) is 39.4. The summed E-state index contributed by atoms with van der Waals surface area (Å²) in [4.78, 5) is 23.5. The summed E-state index contributed by atoms with van der Waals surface area (Å²) in [6, 6.07) is -1.26. The molecular formula is C48H90NO12P. The first-order valence-corrected chi connectivity index (χ1v) is 26.0. The second-order valence-corrected chi connectivity index (χ2v) is 18.9. The van der Waals surface area contributed by atoms with Crippen LogP contribution in [0.4, 0.5) is 0 Å². The van der Waals surface area contributed by atoms with Crippen molar-refractivity contribution in [2.45, 2.75) is 255 Å². The SMILES string of the molecule is CCCCCCCCC/C=C/CC/C=C/CC/C=C/C(O)C(COP(=O)(O)OC1C(O)C(O)C(O)C(O)C1O)NC(=O)CC(O)CCCCCCCCCCCCCCCCC. The molecule has 0 aliphatic heterocycles. The van der Waals surface area contributed by atoms with Gasteiger partial charge in [-0.25, -0.2) is 4.57 Å². The molecular weight excluding hydrogens is 813 g/mol. The lowest BCUT2D eigenvalue weighted by Crippen LogP contribution is -2.64. The van der Waals surface area contributed by atoms with Crippen molar-refractivity contribution in [1.82, 2.24) is 5.32 Å². The summed E-state index contributed by atoms with van der Waals surface area (Å²) in [5.41, 5.74) is 0. The number of nitrogens with one attached hydrogen (secondary N) is 1. The molecule has 62 heavy (non-hydrogen) atoms. The standard InChI is InChI=1S/C48H90NO12P/c1-3-5-7-9-11-13-15-17-19-20-22-24-26-28-30-32-34-36-41(51)40(38-60-62(58,59)61-48-46(56)44(54)43(53)45(55)47(48)57)49-42(52)37-39(50)35-33-31-29-27-25-23-21-18-16-14-12-10-8-6-4-2/h19-20,26,28,34,36,39-41,43-48,50-51,53-57H,3-18,21-25,27,29-33,35,37-38H2,1-2H3,(H,49,52)(H,58,59)/b20-19+,28-26+,36-34+. The number of aliphatic hydroxyl groups excluding tert-OH is 7. The number of hydrogen-bond acceptors (Lipinski definition) is 11. The van der Waals surface area contributed by atoms with Crippen LogP contribution in [0.2, 0.25) is 0 Å². The third-order valence-electron chi connectivity index (χ3n) is 11.7. The first-order valence-electron chi connectivity index (χ1n) is 24.5. The predicted molar refractivity (Wildman–Crippen MR) is 247 cm³/mol. The number of rotatable bonds is 40. The molecule has 0 aromatic heterocycles. The molecule has 0 aromatic carbocycles. The Kier molecular flexibility index (Phi) is 35.6. The van der Waals surface area contributed by atoms with Crippen LogP contribution in [0.25, 0.3) is 0 Å². The minimum absolute atomic E-state index is 0.253. The molecule has 0 bridgehead atoms. The number of hydrogen-bond donors (Lipinski definition) is 9. The smallest absolute Gasteiger partial charge is 0.393 e. The molecule has 0 radical (unpaired) electrons. The van der Waals surface area contributed by atoms with Gasteiger partial charge < -0.3 is 46.0 Å². The maximum Gasteiger partial charge on any atom is 0.472 e. The molecule has 1 amide bonds. The number of unbranched alkanes of at least 4 members (excludes halogenated alkanes) is 23. The van der Waals surface area contributed by atoms with Gasteiger partial charge in [0.05, 0.1) is 31.3 Å². The molecule has 1 aliphatic rings. The lowest BCUT2D eigenvalue weighted by Gasteiger charge is -2.41. The van der Waals surface area contributed by atoms with E-state index < -0.39 is 75.2 Å². The molecule has 1 rings (SSSR count). The van der Waals surface area contributed by atoms with Crippen molar-refractivity contribution in [3.05, 3.63) is 36.5 Å². The van der Waals surface area contributed by atoms with E-state index in [9.17, 15) is 50.0 Å². The average molecular weight is 904 g/mol. The van der Waals surface area contributed by atoms with E-state index in [0.717, 1.165) is 44.9 Å². The fourth-order valence-electron chi connectivity index (χ4n) is 7.68. The molecule has 1 aliphatic carbocycles. The third kappa shape index (κ3) is 29.1. The molecule has 14 heteroatoms. The Labute approximate surface area is 375 Å². The maximum atomic E-state index is 13.0. The van der Waals surface area contributed by atoms with Gasteiger partial charge in [0.15, 0.2) is 0 Å². The van der Waals surface area contributed by atoms with Gasteiger partial charge in [0, 0.05) is 0 Å². The molecule has 0 heterocycles. The molecule has 1 fully saturated rings. The number of aliphatic hydroxyl groups is 7. The van der Waals surface area contributed by atoms with Crippen LogP contribution in [0.1, 0.15) is 200 Å². The number of carbonyl (C=O) groups excluding carboxylic acids is 1. The fourth-order valence-corrected chi connectivity index (χ4v) is 8.65. The summed E-state index contributed by atoms with van der Waals surface area (Å²) < 4.78 is 22.9. The highest BCUT2D eigenvalue weighted by Crippen LogP contribution is 2.47. The number of carbonyl (C=O) groups is 1. The van der Waals surface area contributed by atoms with Crippen molar-refractivity contribution in [3.8, 4) is 0 Å². The Morgan fingerprint density at radius 1 is 0.565 bits per heavy atom. The highest BCUT2D eigenvalue weighted by molar-refractivity contribution is 7.47. The topological polar surface area (TPSA) is 226 Å². The van der Waals surface area contributed by atoms with Gasteiger partial charge in [-0.15, -0.1) is 0 Å². The van der Waals surface area contributed by atoms with E-state index in [1.807, 2.05) is 0 Å². The second-order valence-electron chi connectivity index (χ2n) is 17.5. The highest BCUT2D eigenvalue weighted by atomic mass is 31.2. The molecule has 9 N–H and O–H groups in total. The Balaban J connectivity index is 2.56. The predicted octanol–water partition coefficient (Wildman–Crippen LogP) is 8.53. The van der Waals surface area contributed by atoms with Crippen molar-refractivity contribution in [2.75, 3.05) is 6.61 Å². The van der Waals surface area contributed by atoms with Crippen molar-refractivity contribution in [3.63, 3.8) is 0 Å². The quantitative estimate of drug-likeness (QED) is 0.0160. The Bertz CT molecular complexity index is 1200. The average Bonchev–Trinajstić information content (AvgIpc) is 3.24. The van der Waals surface area contributed by atoms with Gasteiger partial charge in [-0.05, 0) is 44.9 Å². The van der Waals surface area contributed by atoms with E-state index in [0.29, 0.717) is 19.3 Å². The first kappa shape index (κ1) is 58.5. The van der Waals surface area contributed by atoms with Crippen LogP contribution < -0.4 is 5.32 Å². The molecule has 0 aromatic rings. The van der Waals surface area contributed by atoms with Gasteiger partial charge in [0.2, 0.25) is 5.91 Å². The number of allylic oxidation sites excluding steroid dienone is 5. The van der Waals surface area contributed by atoms with Gasteiger partial charge in [-0.3, -0.25) is 13.8 Å². The zero-order valence-electron chi connectivity index (χ0n) is 38.5. The summed E-state index contributed by atoms with van der Waals surface area (Å²) in [5, 5.41) is 74.5. The van der Waals surface area contributed by atoms with Gasteiger partial charge in [-0.1, -0.05) is 185 Å². The van der Waals surface area contributed by atoms with E-state index >= 15 is 0 Å². The lowest BCUT2D eigenvalue weighted by molar-refractivity contribution is -0.220. The van der Waals surface area contributed by atoms with Crippen LogP contribution >= 0.6 is 7.82 Å². The fraction of sp³-hybridized carbons (Fsp3) is 0.854. The van der Waals surface area contributed by atoms with Crippen LogP contribution in [-0.2, 0) is 18.4 Å². The van der Waals surface area contributed by atoms with Crippen molar-refractivity contribution < 1.29 is 59.0 Å². The van der Waals surface area contributed by atoms with Crippen LogP contribution in [0.15, 0.2) is 36.5 Å². The molecule has 0 spiro atoms. The number of phosphoric acid groups is 1. The molecule has 8 unspecified atom stereocenters. The molecule has 13 nitrogen and oxygen atoms in total. The summed E-state index contributed by atoms with van der Waals surface area (Å²) in [5.74, 6) is -0.606. The normalized spacial score (nSPS) is 23.3. The van der Waals surface area contributed by atoms with E-state index in [2.05, 4.69) is 43.5 Å². The maximum absolute atomic E-state index is 13.0. The van der Waals surface area contributed by atoms with Crippen LogP contribution in [0.3, 0.4) is 0 Å². The summed E-state index contributed by atoms with van der Waals surface area (Å²) >= 11 is 0. The zero-order chi connectivity index (χ0) is 45.9. The molecule has 8 atom stereocenters. The van der Waals surface area contributed by atoms with Crippen LogP contribution in [0, 0.1) is 0 Å². The van der Waals surface area contributed by atoms with Gasteiger partial charge in [0.1, 0.15) is 36.6 Å². The van der Waals surface area contributed by atoms with Crippen molar-refractivity contribution in [2.24, 2.45) is 0 Å². The Morgan fingerprint density at radius 2 is 0.952 bits per heavy atom. The largest absolute Gasteiger partial charge is 0.472 e. The summed E-state index contributed by atoms with van der Waals surface area (Å²) in [7, 11) is -5.15. The first-order chi connectivity index (χ1) is 29.8. The van der Waals surface area contributed by atoms with E-state index in [1.54, 1.807) is 6.08 Å². The summed E-state index contributed by atoms with van der Waals surface area (Å²) in [6.07, 6.45) is 29.4. The van der Waals surface area contributed by atoms with Gasteiger partial charge in [-0.2, -0.15) is 0 Å². The van der Waals surface area contributed by atoms with Crippen molar-refractivity contribution in [1.29, 1.82) is 0 Å². The van der Waals surface area contributed by atoms with Crippen LogP contribution in [-0.4, -0.2) is 108 Å². The van der Waals surface area contributed by atoms with Crippen molar-refractivity contribution >= 4 is 13.7 Å². The monoisotopic (exact) mass is 904 g/mol. The summed E-state index contributed by atoms with van der Waals surface area (Å²) in [6.45, 7) is 3.73. The minimum Gasteiger partial charge on any atom is -0.393 e. The molecule has 1 saturated carbocycles. The second kappa shape index (κ2) is 37.7. The van der Waals surface area contributed by atoms with E-state index in [4.69, 9.17) is 9.05 Å². The third-order valence-corrected chi connectivity index (χ3v) is 12.7. The number of amides is 1. The van der Waals surface area contributed by atoms with Gasteiger partial charge in [0.25, 0.3) is 0 Å². The van der Waals surface area contributed by atoms with E-state index in [-0.39, 0.29) is 6.42 Å². The minimum atomic E-state index is -5.15. The Hall–Kier alpha value is -1.48. The lowest BCUT2D eigenvalue weighted by atomic mass is 9.85. The van der Waals surface area contributed by atoms with Crippen LogP contribution in [0.5, 0.6) is 0 Å². The van der Waals surface area contributed by atoms with Gasteiger partial charge >= 0.3 is 7.82 Å². The molecule has 0 saturated heterocycles. The van der Waals surface area contributed by atoms with E-state index in [1.165, 1.54) is 122 Å².